The third kappa shape index (κ3) is 3.17. The van der Waals surface area contributed by atoms with Crippen LogP contribution in [0.15, 0.2) is 18.3 Å². The monoisotopic (exact) mass is 237 g/mol. The van der Waals surface area contributed by atoms with E-state index in [0.29, 0.717) is 18.3 Å². The molecule has 0 saturated carbocycles. The van der Waals surface area contributed by atoms with Crippen LogP contribution in [0.1, 0.15) is 23.3 Å². The Labute approximate surface area is 99.4 Å². The van der Waals surface area contributed by atoms with Crippen molar-refractivity contribution in [3.8, 4) is 5.75 Å². The van der Waals surface area contributed by atoms with Crippen molar-refractivity contribution in [2.24, 2.45) is 5.92 Å². The van der Waals surface area contributed by atoms with Crippen LogP contribution in [-0.4, -0.2) is 35.9 Å². The first-order valence-electron chi connectivity index (χ1n) is 5.66. The Morgan fingerprint density at radius 1 is 1.53 bits per heavy atom. The van der Waals surface area contributed by atoms with E-state index >= 15 is 0 Å². The van der Waals surface area contributed by atoms with Crippen molar-refractivity contribution < 1.29 is 19.4 Å². The summed E-state index contributed by atoms with van der Waals surface area (Å²) in [6.07, 6.45) is 3.37. The minimum Gasteiger partial charge on any atom is -0.491 e. The summed E-state index contributed by atoms with van der Waals surface area (Å²) in [5.74, 6) is -0.287. The lowest BCUT2D eigenvalue weighted by Crippen LogP contribution is -2.22. The molecule has 0 bridgehead atoms. The number of carboxylic acid groups (broad SMARTS) is 1. The molecule has 1 saturated heterocycles. The maximum Gasteiger partial charge on any atom is 0.358 e. The Kier molecular flexibility index (Phi) is 3.93. The van der Waals surface area contributed by atoms with Crippen LogP contribution in [0.3, 0.4) is 0 Å². The van der Waals surface area contributed by atoms with Crippen LogP contribution in [0.25, 0.3) is 0 Å². The first kappa shape index (κ1) is 11.9. The number of ether oxygens (including phenoxy) is 2. The summed E-state index contributed by atoms with van der Waals surface area (Å²) in [5.41, 5.74) is -0.0282. The van der Waals surface area contributed by atoms with E-state index in [0.717, 1.165) is 26.1 Å². The second kappa shape index (κ2) is 5.63. The Morgan fingerprint density at radius 3 is 3.00 bits per heavy atom. The van der Waals surface area contributed by atoms with Crippen LogP contribution >= 0.6 is 0 Å². The molecule has 1 aromatic rings. The summed E-state index contributed by atoms with van der Waals surface area (Å²) in [4.78, 5) is 14.7. The first-order chi connectivity index (χ1) is 8.27. The van der Waals surface area contributed by atoms with Crippen LogP contribution in [0.2, 0.25) is 0 Å². The highest BCUT2D eigenvalue weighted by Crippen LogP contribution is 2.19. The largest absolute Gasteiger partial charge is 0.491 e. The molecule has 0 radical (unpaired) electrons. The minimum atomic E-state index is -1.06. The molecule has 92 valence electrons. The molecule has 2 heterocycles. The molecule has 1 N–H and O–H groups in total. The highest BCUT2D eigenvalue weighted by molar-refractivity contribution is 5.88. The molecule has 1 aromatic heterocycles. The standard InChI is InChI=1S/C12H15NO4/c14-12(15)11-10(2-1-5-13-11)17-8-9-3-6-16-7-4-9/h1-2,5,9H,3-4,6-8H2,(H,14,15). The zero-order valence-electron chi connectivity index (χ0n) is 9.46. The number of hydrogen-bond acceptors (Lipinski definition) is 4. The van der Waals surface area contributed by atoms with Crippen molar-refractivity contribution in [2.75, 3.05) is 19.8 Å². The SMILES string of the molecule is O=C(O)c1ncccc1OCC1CCOCC1. The molecular formula is C12H15NO4. The topological polar surface area (TPSA) is 68.7 Å². The number of aromatic carboxylic acids is 1. The highest BCUT2D eigenvalue weighted by Gasteiger charge is 2.17. The quantitative estimate of drug-likeness (QED) is 0.861. The van der Waals surface area contributed by atoms with Gasteiger partial charge >= 0.3 is 5.97 Å². The average Bonchev–Trinajstić information content (AvgIpc) is 2.38. The molecule has 1 aliphatic heterocycles. The van der Waals surface area contributed by atoms with E-state index < -0.39 is 5.97 Å². The molecule has 5 heteroatoms. The van der Waals surface area contributed by atoms with Gasteiger partial charge in [0.15, 0.2) is 11.4 Å². The number of carboxylic acids is 1. The molecule has 0 spiro atoms. The Balaban J connectivity index is 1.96. The molecule has 5 nitrogen and oxygen atoms in total. The van der Waals surface area contributed by atoms with Gasteiger partial charge in [0.1, 0.15) is 0 Å². The zero-order chi connectivity index (χ0) is 12.1. The third-order valence-corrected chi connectivity index (χ3v) is 2.79. The smallest absolute Gasteiger partial charge is 0.358 e. The van der Waals surface area contributed by atoms with Crippen molar-refractivity contribution in [1.82, 2.24) is 4.98 Å². The maximum absolute atomic E-state index is 10.9. The van der Waals surface area contributed by atoms with E-state index in [1.807, 2.05) is 0 Å². The van der Waals surface area contributed by atoms with Gasteiger partial charge < -0.3 is 14.6 Å². The van der Waals surface area contributed by atoms with Gasteiger partial charge in [-0.2, -0.15) is 0 Å². The maximum atomic E-state index is 10.9. The summed E-state index contributed by atoms with van der Waals surface area (Å²) in [5, 5.41) is 8.94. The van der Waals surface area contributed by atoms with Gasteiger partial charge in [-0.1, -0.05) is 0 Å². The van der Waals surface area contributed by atoms with Crippen LogP contribution in [-0.2, 0) is 4.74 Å². The fourth-order valence-corrected chi connectivity index (χ4v) is 1.79. The summed E-state index contributed by atoms with van der Waals surface area (Å²) < 4.78 is 10.8. The lowest BCUT2D eigenvalue weighted by molar-refractivity contribution is 0.0488. The molecule has 0 aromatic carbocycles. The van der Waals surface area contributed by atoms with Crippen molar-refractivity contribution in [1.29, 1.82) is 0 Å². The van der Waals surface area contributed by atoms with Gasteiger partial charge in [0.05, 0.1) is 6.61 Å². The normalized spacial score (nSPS) is 16.7. The number of nitrogens with zero attached hydrogens (tertiary/aromatic N) is 1. The molecule has 0 unspecified atom stereocenters. The molecule has 17 heavy (non-hydrogen) atoms. The molecule has 1 fully saturated rings. The Morgan fingerprint density at radius 2 is 2.29 bits per heavy atom. The fourth-order valence-electron chi connectivity index (χ4n) is 1.79. The second-order valence-electron chi connectivity index (χ2n) is 4.02. The Bertz CT molecular complexity index is 388. The van der Waals surface area contributed by atoms with Gasteiger partial charge in [-0.3, -0.25) is 0 Å². The third-order valence-electron chi connectivity index (χ3n) is 2.79. The number of aromatic nitrogens is 1. The van der Waals surface area contributed by atoms with Crippen LogP contribution in [0.4, 0.5) is 0 Å². The van der Waals surface area contributed by atoms with E-state index in [4.69, 9.17) is 14.6 Å². The van der Waals surface area contributed by atoms with Crippen LogP contribution in [0.5, 0.6) is 5.75 Å². The molecule has 2 rings (SSSR count). The highest BCUT2D eigenvalue weighted by atomic mass is 16.5. The number of carbonyl (C=O) groups is 1. The van der Waals surface area contributed by atoms with Crippen molar-refractivity contribution in [3.05, 3.63) is 24.0 Å². The van der Waals surface area contributed by atoms with Gasteiger partial charge in [0.2, 0.25) is 0 Å². The van der Waals surface area contributed by atoms with Gasteiger partial charge in [-0.05, 0) is 30.9 Å². The van der Waals surface area contributed by atoms with Gasteiger partial charge in [0, 0.05) is 19.4 Å². The van der Waals surface area contributed by atoms with Crippen LogP contribution in [0, 0.1) is 5.92 Å². The molecule has 0 atom stereocenters. The predicted molar refractivity (Wildman–Crippen MR) is 60.2 cm³/mol. The lowest BCUT2D eigenvalue weighted by Gasteiger charge is -2.22. The van der Waals surface area contributed by atoms with Gasteiger partial charge in [0.25, 0.3) is 0 Å². The predicted octanol–water partition coefficient (Wildman–Crippen LogP) is 1.59. The van der Waals surface area contributed by atoms with E-state index in [9.17, 15) is 4.79 Å². The molecular weight excluding hydrogens is 222 g/mol. The Hall–Kier alpha value is -1.62. The minimum absolute atomic E-state index is 0.0282. The van der Waals surface area contributed by atoms with E-state index in [1.54, 1.807) is 12.1 Å². The molecule has 1 aliphatic rings. The van der Waals surface area contributed by atoms with E-state index in [1.165, 1.54) is 6.20 Å². The van der Waals surface area contributed by atoms with Gasteiger partial charge in [-0.15, -0.1) is 0 Å². The first-order valence-corrected chi connectivity index (χ1v) is 5.66. The average molecular weight is 237 g/mol. The second-order valence-corrected chi connectivity index (χ2v) is 4.02. The van der Waals surface area contributed by atoms with Crippen molar-refractivity contribution in [3.63, 3.8) is 0 Å². The van der Waals surface area contributed by atoms with Gasteiger partial charge in [-0.25, -0.2) is 9.78 Å². The summed E-state index contributed by atoms with van der Waals surface area (Å²) in [7, 11) is 0. The van der Waals surface area contributed by atoms with Crippen molar-refractivity contribution in [2.45, 2.75) is 12.8 Å². The zero-order valence-corrected chi connectivity index (χ0v) is 9.46. The molecule has 0 aliphatic carbocycles. The number of hydrogen-bond donors (Lipinski definition) is 1. The van der Waals surface area contributed by atoms with Crippen molar-refractivity contribution >= 4 is 5.97 Å². The van der Waals surface area contributed by atoms with Crippen LogP contribution < -0.4 is 4.74 Å². The summed E-state index contributed by atoms with van der Waals surface area (Å²) in [6.45, 7) is 2.04. The van der Waals surface area contributed by atoms with E-state index in [-0.39, 0.29) is 5.69 Å². The number of rotatable bonds is 4. The lowest BCUT2D eigenvalue weighted by atomic mass is 10.0. The fraction of sp³-hybridized carbons (Fsp3) is 0.500. The number of pyridine rings is 1. The summed E-state index contributed by atoms with van der Waals surface area (Å²) in [6, 6.07) is 3.31. The van der Waals surface area contributed by atoms with E-state index in [2.05, 4.69) is 4.98 Å². The summed E-state index contributed by atoms with van der Waals surface area (Å²) >= 11 is 0. The molecule has 0 amide bonds.